The molecule has 0 N–H and O–H groups in total. The summed E-state index contributed by atoms with van der Waals surface area (Å²) in [6, 6.07) is 5.61. The van der Waals surface area contributed by atoms with Crippen molar-refractivity contribution in [2.75, 3.05) is 0 Å². The van der Waals surface area contributed by atoms with Crippen molar-refractivity contribution >= 4 is 36.6 Å². The highest BCUT2D eigenvalue weighted by molar-refractivity contribution is 9.18. The second-order valence-corrected chi connectivity index (χ2v) is 3.87. The molecular weight excluding hydrogens is 272 g/mol. The molecule has 1 nitrogen and oxygen atoms in total. The number of hydrogen-bond donors (Lipinski definition) is 0. The Balaban J connectivity index is 3.23. The molecule has 11 heavy (non-hydrogen) atoms. The summed E-state index contributed by atoms with van der Waals surface area (Å²) in [5, 5.41) is 0. The van der Waals surface area contributed by atoms with Crippen LogP contribution >= 0.6 is 31.9 Å². The Labute approximate surface area is 82.1 Å². The first-order valence-electron chi connectivity index (χ1n) is 3.07. The zero-order chi connectivity index (χ0) is 8.43. The van der Waals surface area contributed by atoms with E-state index in [1.54, 1.807) is 6.07 Å². The third-order valence-electron chi connectivity index (χ3n) is 1.41. The lowest BCUT2D eigenvalue weighted by Gasteiger charge is -1.99. The Morgan fingerprint density at radius 3 is 2.55 bits per heavy atom. The zero-order valence-electron chi connectivity index (χ0n) is 5.90. The summed E-state index contributed by atoms with van der Waals surface area (Å²) in [5.74, 6) is 0. The Morgan fingerprint density at radius 2 is 2.09 bits per heavy atom. The van der Waals surface area contributed by atoms with Crippen LogP contribution in [-0.4, -0.2) is 4.69 Å². The van der Waals surface area contributed by atoms with Crippen molar-refractivity contribution in [2.24, 2.45) is 0 Å². The number of benzene rings is 1. The average molecular weight is 278 g/mol. The standard InChI is InChI=1S/C8H6Br2O/c1-5-2-3-6(9)4-7(5)8(10)11/h2-4H,1H3. The van der Waals surface area contributed by atoms with Crippen LogP contribution < -0.4 is 0 Å². The molecule has 0 fully saturated rings. The van der Waals surface area contributed by atoms with E-state index in [1.165, 1.54) is 0 Å². The van der Waals surface area contributed by atoms with E-state index in [0.29, 0.717) is 5.56 Å². The molecule has 0 spiro atoms. The van der Waals surface area contributed by atoms with Crippen molar-refractivity contribution < 1.29 is 4.79 Å². The molecule has 0 heterocycles. The van der Waals surface area contributed by atoms with E-state index < -0.39 is 0 Å². The molecule has 58 valence electrons. The molecule has 1 aromatic carbocycles. The van der Waals surface area contributed by atoms with E-state index in [1.807, 2.05) is 19.1 Å². The Hall–Kier alpha value is -0.150. The van der Waals surface area contributed by atoms with Crippen LogP contribution in [-0.2, 0) is 0 Å². The van der Waals surface area contributed by atoms with Crippen LogP contribution in [0, 0.1) is 6.92 Å². The molecule has 0 aliphatic heterocycles. The van der Waals surface area contributed by atoms with Crippen LogP contribution in [0.5, 0.6) is 0 Å². The van der Waals surface area contributed by atoms with Gasteiger partial charge in [0.15, 0.2) is 0 Å². The van der Waals surface area contributed by atoms with Crippen molar-refractivity contribution in [3.05, 3.63) is 33.8 Å². The monoisotopic (exact) mass is 276 g/mol. The van der Waals surface area contributed by atoms with Gasteiger partial charge >= 0.3 is 0 Å². The Kier molecular flexibility index (Phi) is 2.84. The average Bonchev–Trinajstić information content (AvgIpc) is 1.94. The smallest absolute Gasteiger partial charge is 0.228 e. The summed E-state index contributed by atoms with van der Waals surface area (Å²) in [4.78, 5) is 10.9. The first-order valence-corrected chi connectivity index (χ1v) is 4.66. The summed E-state index contributed by atoms with van der Waals surface area (Å²) in [6.07, 6.45) is 0. The third-order valence-corrected chi connectivity index (χ3v) is 2.33. The molecular formula is C8H6Br2O. The molecule has 0 bridgehead atoms. The SMILES string of the molecule is Cc1ccc(Br)cc1C(=O)Br. The minimum atomic E-state index is -0.0729. The minimum Gasteiger partial charge on any atom is -0.281 e. The highest BCUT2D eigenvalue weighted by Crippen LogP contribution is 2.17. The van der Waals surface area contributed by atoms with Crippen LogP contribution in [0.2, 0.25) is 0 Å². The quantitative estimate of drug-likeness (QED) is 0.720. The van der Waals surface area contributed by atoms with E-state index in [0.717, 1.165) is 10.0 Å². The van der Waals surface area contributed by atoms with Crippen molar-refractivity contribution in [3.8, 4) is 0 Å². The molecule has 0 atom stereocenters. The third kappa shape index (κ3) is 2.14. The number of hydrogen-bond acceptors (Lipinski definition) is 1. The van der Waals surface area contributed by atoms with Crippen LogP contribution in [0.3, 0.4) is 0 Å². The first kappa shape index (κ1) is 8.94. The van der Waals surface area contributed by atoms with Crippen LogP contribution in [0.1, 0.15) is 15.9 Å². The van der Waals surface area contributed by atoms with E-state index in [4.69, 9.17) is 0 Å². The van der Waals surface area contributed by atoms with Gasteiger partial charge < -0.3 is 0 Å². The van der Waals surface area contributed by atoms with Gasteiger partial charge in [0.25, 0.3) is 0 Å². The maximum absolute atomic E-state index is 10.9. The summed E-state index contributed by atoms with van der Waals surface area (Å²) in [6.45, 7) is 1.90. The summed E-state index contributed by atoms with van der Waals surface area (Å²) in [7, 11) is 0. The fourth-order valence-electron chi connectivity index (χ4n) is 0.806. The number of carbonyl (C=O) groups excluding carboxylic acids is 1. The molecule has 0 radical (unpaired) electrons. The van der Waals surface area contributed by atoms with Gasteiger partial charge in [0.1, 0.15) is 0 Å². The van der Waals surface area contributed by atoms with Crippen LogP contribution in [0.25, 0.3) is 0 Å². The molecule has 1 aromatic rings. The van der Waals surface area contributed by atoms with Crippen molar-refractivity contribution in [2.45, 2.75) is 6.92 Å². The fraction of sp³-hybridized carbons (Fsp3) is 0.125. The molecule has 0 aromatic heterocycles. The molecule has 0 saturated carbocycles. The molecule has 0 unspecified atom stereocenters. The zero-order valence-corrected chi connectivity index (χ0v) is 9.07. The molecule has 3 heteroatoms. The number of aryl methyl sites for hydroxylation is 1. The van der Waals surface area contributed by atoms with Gasteiger partial charge in [-0.2, -0.15) is 0 Å². The van der Waals surface area contributed by atoms with Crippen molar-refractivity contribution in [1.82, 2.24) is 0 Å². The number of halogens is 2. The van der Waals surface area contributed by atoms with Gasteiger partial charge in [-0.05, 0) is 40.5 Å². The second kappa shape index (κ2) is 3.50. The number of carbonyl (C=O) groups is 1. The van der Waals surface area contributed by atoms with Gasteiger partial charge in [0, 0.05) is 10.0 Å². The Morgan fingerprint density at radius 1 is 1.45 bits per heavy atom. The van der Waals surface area contributed by atoms with Gasteiger partial charge in [-0.25, -0.2) is 0 Å². The topological polar surface area (TPSA) is 17.1 Å². The molecule has 0 saturated heterocycles. The second-order valence-electron chi connectivity index (χ2n) is 2.23. The maximum atomic E-state index is 10.9. The van der Waals surface area contributed by atoms with Gasteiger partial charge in [0.2, 0.25) is 4.69 Å². The van der Waals surface area contributed by atoms with Crippen LogP contribution in [0.4, 0.5) is 0 Å². The lowest BCUT2D eigenvalue weighted by molar-refractivity contribution is 0.109. The lowest BCUT2D eigenvalue weighted by Crippen LogP contribution is -1.91. The minimum absolute atomic E-state index is 0.0729. The Bertz CT molecular complexity index is 294. The maximum Gasteiger partial charge on any atom is 0.228 e. The largest absolute Gasteiger partial charge is 0.281 e. The van der Waals surface area contributed by atoms with E-state index in [2.05, 4.69) is 31.9 Å². The lowest BCUT2D eigenvalue weighted by atomic mass is 10.1. The first-order chi connectivity index (χ1) is 5.11. The summed E-state index contributed by atoms with van der Waals surface area (Å²) in [5.41, 5.74) is 1.69. The van der Waals surface area contributed by atoms with Crippen LogP contribution in [0.15, 0.2) is 22.7 Å². The van der Waals surface area contributed by atoms with E-state index in [-0.39, 0.29) is 4.69 Å². The van der Waals surface area contributed by atoms with Crippen molar-refractivity contribution in [1.29, 1.82) is 0 Å². The summed E-state index contributed by atoms with van der Waals surface area (Å²) >= 11 is 6.20. The highest BCUT2D eigenvalue weighted by Gasteiger charge is 2.04. The predicted molar refractivity (Wildman–Crippen MR) is 52.1 cm³/mol. The van der Waals surface area contributed by atoms with Gasteiger partial charge in [0.05, 0.1) is 0 Å². The fourth-order valence-corrected chi connectivity index (χ4v) is 1.59. The summed E-state index contributed by atoms with van der Waals surface area (Å²) < 4.78 is 0.849. The van der Waals surface area contributed by atoms with Gasteiger partial charge in [-0.15, -0.1) is 0 Å². The predicted octanol–water partition coefficient (Wildman–Crippen LogP) is 3.29. The van der Waals surface area contributed by atoms with Gasteiger partial charge in [-0.1, -0.05) is 22.0 Å². The normalized spacial score (nSPS) is 9.73. The van der Waals surface area contributed by atoms with E-state index >= 15 is 0 Å². The van der Waals surface area contributed by atoms with E-state index in [9.17, 15) is 4.79 Å². The molecule has 0 amide bonds. The molecule has 0 aliphatic carbocycles. The molecule has 1 rings (SSSR count). The van der Waals surface area contributed by atoms with Crippen molar-refractivity contribution in [3.63, 3.8) is 0 Å². The van der Waals surface area contributed by atoms with Gasteiger partial charge in [-0.3, -0.25) is 4.79 Å². The number of rotatable bonds is 1. The molecule has 0 aliphatic rings. The highest BCUT2D eigenvalue weighted by atomic mass is 79.9.